The van der Waals surface area contributed by atoms with E-state index in [0.29, 0.717) is 5.56 Å². The number of benzene rings is 2. The van der Waals surface area contributed by atoms with Crippen molar-refractivity contribution in [1.29, 1.82) is 0 Å². The lowest BCUT2D eigenvalue weighted by Crippen LogP contribution is -2.20. The standard InChI is InChI=1S/C15H15NO3/c1-10-5-2-3-8-13(10)16-14(15(18)19)11-6-4-7-12(17)9-11/h2-9,14,16-17H,1H3,(H,18,19). The number of phenolic OH excluding ortho intramolecular Hbond substituents is 1. The van der Waals surface area contributed by atoms with Gasteiger partial charge in [0.15, 0.2) is 6.04 Å². The molecule has 2 aromatic rings. The summed E-state index contributed by atoms with van der Waals surface area (Å²) in [4.78, 5) is 11.4. The van der Waals surface area contributed by atoms with Crippen molar-refractivity contribution in [2.75, 3.05) is 5.32 Å². The zero-order chi connectivity index (χ0) is 13.8. The highest BCUT2D eigenvalue weighted by Crippen LogP contribution is 2.24. The van der Waals surface area contributed by atoms with E-state index in [1.165, 1.54) is 12.1 Å². The predicted octanol–water partition coefficient (Wildman–Crippen LogP) is 2.94. The van der Waals surface area contributed by atoms with Crippen LogP contribution in [0.25, 0.3) is 0 Å². The summed E-state index contributed by atoms with van der Waals surface area (Å²) in [5, 5.41) is 21.7. The van der Waals surface area contributed by atoms with Crippen LogP contribution in [0.2, 0.25) is 0 Å². The quantitative estimate of drug-likeness (QED) is 0.787. The van der Waals surface area contributed by atoms with Gasteiger partial charge in [0.25, 0.3) is 0 Å². The van der Waals surface area contributed by atoms with E-state index in [1.54, 1.807) is 12.1 Å². The van der Waals surface area contributed by atoms with E-state index < -0.39 is 12.0 Å². The predicted molar refractivity (Wildman–Crippen MR) is 73.3 cm³/mol. The number of hydrogen-bond acceptors (Lipinski definition) is 3. The summed E-state index contributed by atoms with van der Waals surface area (Å²) in [6, 6.07) is 12.8. The number of rotatable bonds is 4. The maximum Gasteiger partial charge on any atom is 0.330 e. The van der Waals surface area contributed by atoms with Crippen LogP contribution >= 0.6 is 0 Å². The van der Waals surface area contributed by atoms with E-state index in [2.05, 4.69) is 5.32 Å². The molecule has 0 bridgehead atoms. The van der Waals surface area contributed by atoms with Gasteiger partial charge in [-0.3, -0.25) is 0 Å². The molecule has 98 valence electrons. The molecule has 4 heteroatoms. The molecular formula is C15H15NO3. The van der Waals surface area contributed by atoms with E-state index in [4.69, 9.17) is 0 Å². The second-order valence-electron chi connectivity index (χ2n) is 4.33. The molecular weight excluding hydrogens is 242 g/mol. The van der Waals surface area contributed by atoms with E-state index in [9.17, 15) is 15.0 Å². The average molecular weight is 257 g/mol. The highest BCUT2D eigenvalue weighted by atomic mass is 16.4. The third kappa shape index (κ3) is 3.04. The normalized spacial score (nSPS) is 11.8. The van der Waals surface area contributed by atoms with E-state index in [1.807, 2.05) is 31.2 Å². The molecule has 0 amide bonds. The van der Waals surface area contributed by atoms with E-state index in [0.717, 1.165) is 11.3 Å². The molecule has 0 aliphatic heterocycles. The Morgan fingerprint density at radius 1 is 1.16 bits per heavy atom. The SMILES string of the molecule is Cc1ccccc1NC(C(=O)O)c1cccc(O)c1. The Balaban J connectivity index is 2.32. The minimum absolute atomic E-state index is 0.0512. The Hall–Kier alpha value is -2.49. The zero-order valence-electron chi connectivity index (χ0n) is 10.5. The molecule has 3 N–H and O–H groups in total. The number of hydrogen-bond donors (Lipinski definition) is 3. The number of phenols is 1. The summed E-state index contributed by atoms with van der Waals surface area (Å²) in [7, 11) is 0. The molecule has 1 unspecified atom stereocenters. The summed E-state index contributed by atoms with van der Waals surface area (Å²) in [5.74, 6) is -0.941. The highest BCUT2D eigenvalue weighted by molar-refractivity contribution is 5.79. The van der Waals surface area contributed by atoms with Gasteiger partial charge in [-0.2, -0.15) is 0 Å². The van der Waals surface area contributed by atoms with Crippen molar-refractivity contribution in [2.24, 2.45) is 0 Å². The smallest absolute Gasteiger partial charge is 0.330 e. The molecule has 2 aromatic carbocycles. The minimum atomic E-state index is -0.992. The molecule has 0 radical (unpaired) electrons. The van der Waals surface area contributed by atoms with Gasteiger partial charge in [0.2, 0.25) is 0 Å². The van der Waals surface area contributed by atoms with Crippen LogP contribution in [0, 0.1) is 6.92 Å². The van der Waals surface area contributed by atoms with Crippen LogP contribution in [-0.4, -0.2) is 16.2 Å². The lowest BCUT2D eigenvalue weighted by atomic mass is 10.1. The Labute approximate surface area is 111 Å². The highest BCUT2D eigenvalue weighted by Gasteiger charge is 2.20. The molecule has 1 atom stereocenters. The van der Waals surface area contributed by atoms with Crippen LogP contribution in [0.1, 0.15) is 17.2 Å². The van der Waals surface area contributed by atoms with Crippen molar-refractivity contribution in [3.8, 4) is 5.75 Å². The van der Waals surface area contributed by atoms with Gasteiger partial charge in [-0.05, 0) is 36.2 Å². The lowest BCUT2D eigenvalue weighted by Gasteiger charge is -2.17. The minimum Gasteiger partial charge on any atom is -0.508 e. The molecule has 0 aliphatic rings. The van der Waals surface area contributed by atoms with Crippen LogP contribution < -0.4 is 5.32 Å². The van der Waals surface area contributed by atoms with Crippen LogP contribution in [0.4, 0.5) is 5.69 Å². The first-order valence-corrected chi connectivity index (χ1v) is 5.92. The first kappa shape index (κ1) is 13.0. The lowest BCUT2D eigenvalue weighted by molar-refractivity contribution is -0.138. The second kappa shape index (κ2) is 5.44. The Kier molecular flexibility index (Phi) is 3.71. The molecule has 0 fully saturated rings. The second-order valence-corrected chi connectivity index (χ2v) is 4.33. The molecule has 2 rings (SSSR count). The van der Waals surface area contributed by atoms with Gasteiger partial charge in [-0.15, -0.1) is 0 Å². The summed E-state index contributed by atoms with van der Waals surface area (Å²) < 4.78 is 0. The van der Waals surface area contributed by atoms with Gasteiger partial charge in [0, 0.05) is 5.69 Å². The van der Waals surface area contributed by atoms with Crippen molar-refractivity contribution >= 4 is 11.7 Å². The molecule has 0 aliphatic carbocycles. The van der Waals surface area contributed by atoms with Crippen LogP contribution in [-0.2, 0) is 4.79 Å². The van der Waals surface area contributed by atoms with Gasteiger partial charge in [0.1, 0.15) is 5.75 Å². The molecule has 0 saturated carbocycles. The number of carboxylic acid groups (broad SMARTS) is 1. The van der Waals surface area contributed by atoms with Gasteiger partial charge in [-0.25, -0.2) is 4.79 Å². The van der Waals surface area contributed by atoms with Gasteiger partial charge >= 0.3 is 5.97 Å². The zero-order valence-corrected chi connectivity index (χ0v) is 10.5. The third-order valence-corrected chi connectivity index (χ3v) is 2.90. The molecule has 0 aromatic heterocycles. The van der Waals surface area contributed by atoms with E-state index >= 15 is 0 Å². The van der Waals surface area contributed by atoms with Crippen LogP contribution in [0.5, 0.6) is 5.75 Å². The van der Waals surface area contributed by atoms with Crippen LogP contribution in [0.15, 0.2) is 48.5 Å². The first-order valence-electron chi connectivity index (χ1n) is 5.92. The summed E-state index contributed by atoms with van der Waals surface area (Å²) in [6.45, 7) is 1.91. The van der Waals surface area contributed by atoms with Crippen molar-refractivity contribution in [3.05, 3.63) is 59.7 Å². The molecule has 0 saturated heterocycles. The maximum absolute atomic E-state index is 11.4. The van der Waals surface area contributed by atoms with Crippen molar-refractivity contribution in [3.63, 3.8) is 0 Å². The number of carboxylic acids is 1. The van der Waals surface area contributed by atoms with Crippen molar-refractivity contribution < 1.29 is 15.0 Å². The number of para-hydroxylation sites is 1. The number of aryl methyl sites for hydroxylation is 1. The van der Waals surface area contributed by atoms with Crippen LogP contribution in [0.3, 0.4) is 0 Å². The summed E-state index contributed by atoms with van der Waals surface area (Å²) in [6.07, 6.45) is 0. The van der Waals surface area contributed by atoms with E-state index in [-0.39, 0.29) is 5.75 Å². The first-order chi connectivity index (χ1) is 9.08. The number of anilines is 1. The number of aromatic hydroxyl groups is 1. The fourth-order valence-electron chi connectivity index (χ4n) is 1.88. The third-order valence-electron chi connectivity index (χ3n) is 2.90. The number of aliphatic carboxylic acids is 1. The largest absolute Gasteiger partial charge is 0.508 e. The fourth-order valence-corrected chi connectivity index (χ4v) is 1.88. The Morgan fingerprint density at radius 3 is 2.53 bits per heavy atom. The molecule has 4 nitrogen and oxygen atoms in total. The number of carbonyl (C=O) groups is 1. The molecule has 19 heavy (non-hydrogen) atoms. The fraction of sp³-hybridized carbons (Fsp3) is 0.133. The van der Waals surface area contributed by atoms with Crippen molar-refractivity contribution in [2.45, 2.75) is 13.0 Å². The average Bonchev–Trinajstić information content (AvgIpc) is 2.37. The number of nitrogens with one attached hydrogen (secondary N) is 1. The monoisotopic (exact) mass is 257 g/mol. The Bertz CT molecular complexity index is 595. The van der Waals surface area contributed by atoms with Crippen molar-refractivity contribution in [1.82, 2.24) is 0 Å². The maximum atomic E-state index is 11.4. The summed E-state index contributed by atoms with van der Waals surface area (Å²) in [5.41, 5.74) is 2.24. The molecule has 0 heterocycles. The van der Waals surface area contributed by atoms with Gasteiger partial charge < -0.3 is 15.5 Å². The van der Waals surface area contributed by atoms with Gasteiger partial charge in [0.05, 0.1) is 0 Å². The summed E-state index contributed by atoms with van der Waals surface area (Å²) >= 11 is 0. The van der Waals surface area contributed by atoms with Gasteiger partial charge in [-0.1, -0.05) is 30.3 Å². The molecule has 0 spiro atoms. The Morgan fingerprint density at radius 2 is 1.89 bits per heavy atom. The topological polar surface area (TPSA) is 69.6 Å².